The van der Waals surface area contributed by atoms with Crippen molar-refractivity contribution < 1.29 is 9.47 Å². The highest BCUT2D eigenvalue weighted by molar-refractivity contribution is 6.06. The maximum absolute atomic E-state index is 6.27. The lowest BCUT2D eigenvalue weighted by Crippen LogP contribution is -2.18. The topological polar surface area (TPSA) is 106 Å². The predicted molar refractivity (Wildman–Crippen MR) is 156 cm³/mol. The molecule has 0 aliphatic carbocycles. The molecule has 6 rings (SSSR count). The lowest BCUT2D eigenvalue weighted by molar-refractivity contribution is 0.114. The van der Waals surface area contributed by atoms with Gasteiger partial charge >= 0.3 is 0 Å². The Labute approximate surface area is 232 Å². The first kappa shape index (κ1) is 25.5. The van der Waals surface area contributed by atoms with Crippen molar-refractivity contribution >= 4 is 27.8 Å². The Hall–Kier alpha value is -4.76. The standard InChI is InChI=1S/C31H31N7O2/c1-2-39-20-24(38-21-33-29-30(38)26-10-6-7-11-27(26)34-31(29)32)18-22-12-14-25(15-13-22)40-17-16-37-19-28(35-36-37)23-8-4-3-5-9-23/h3-15,19,21,24H,2,16-18,20H2,1H3,(H2,32,34)/t24-/m0/s1. The van der Waals surface area contributed by atoms with Crippen molar-refractivity contribution in [3.05, 3.63) is 97.0 Å². The van der Waals surface area contributed by atoms with Crippen LogP contribution in [0.15, 0.2) is 91.4 Å². The average Bonchev–Trinajstić information content (AvgIpc) is 3.65. The Morgan fingerprint density at radius 1 is 0.950 bits per heavy atom. The highest BCUT2D eigenvalue weighted by Crippen LogP contribution is 2.30. The van der Waals surface area contributed by atoms with Gasteiger partial charge in [0, 0.05) is 17.6 Å². The number of ether oxygens (including phenoxy) is 2. The zero-order valence-corrected chi connectivity index (χ0v) is 22.4. The van der Waals surface area contributed by atoms with Crippen molar-refractivity contribution in [1.29, 1.82) is 0 Å². The summed E-state index contributed by atoms with van der Waals surface area (Å²) in [6.07, 6.45) is 4.56. The molecule has 0 fully saturated rings. The SMILES string of the molecule is CCOC[C@H](Cc1ccc(OCCn2cc(-c3ccccc3)nn2)cc1)n1cnc2c(N)nc3ccccc3c21. The van der Waals surface area contributed by atoms with Gasteiger partial charge in [0.15, 0.2) is 5.82 Å². The minimum atomic E-state index is 0.0352. The number of para-hydroxylation sites is 1. The van der Waals surface area contributed by atoms with Gasteiger partial charge in [-0.05, 0) is 37.1 Å². The molecule has 202 valence electrons. The minimum absolute atomic E-state index is 0.0352. The van der Waals surface area contributed by atoms with Crippen LogP contribution in [0.1, 0.15) is 18.5 Å². The van der Waals surface area contributed by atoms with Crippen molar-refractivity contribution in [2.45, 2.75) is 25.9 Å². The Bertz CT molecular complexity index is 1710. The second kappa shape index (κ2) is 11.5. The van der Waals surface area contributed by atoms with Crippen LogP contribution in [0, 0.1) is 0 Å². The van der Waals surface area contributed by atoms with Crippen LogP contribution in [0.25, 0.3) is 33.2 Å². The molecule has 6 aromatic rings. The first-order valence-electron chi connectivity index (χ1n) is 13.5. The van der Waals surface area contributed by atoms with Crippen molar-refractivity contribution in [3.63, 3.8) is 0 Å². The van der Waals surface area contributed by atoms with Gasteiger partial charge in [-0.1, -0.05) is 65.9 Å². The summed E-state index contributed by atoms with van der Waals surface area (Å²) in [5.41, 5.74) is 11.9. The zero-order chi connectivity index (χ0) is 27.3. The van der Waals surface area contributed by atoms with Gasteiger partial charge in [0.2, 0.25) is 0 Å². The second-order valence-electron chi connectivity index (χ2n) is 9.61. The van der Waals surface area contributed by atoms with Crippen LogP contribution >= 0.6 is 0 Å². The zero-order valence-electron chi connectivity index (χ0n) is 22.4. The van der Waals surface area contributed by atoms with E-state index in [0.29, 0.717) is 37.7 Å². The number of nitrogen functional groups attached to an aromatic ring is 1. The van der Waals surface area contributed by atoms with Crippen LogP contribution in [0.2, 0.25) is 0 Å². The van der Waals surface area contributed by atoms with Crippen LogP contribution in [-0.2, 0) is 17.7 Å². The second-order valence-corrected chi connectivity index (χ2v) is 9.61. The van der Waals surface area contributed by atoms with E-state index >= 15 is 0 Å². The normalized spacial score (nSPS) is 12.2. The highest BCUT2D eigenvalue weighted by atomic mass is 16.5. The van der Waals surface area contributed by atoms with Crippen molar-refractivity contribution in [2.75, 3.05) is 25.6 Å². The first-order valence-corrected chi connectivity index (χ1v) is 13.5. The Morgan fingerprint density at radius 2 is 1.75 bits per heavy atom. The van der Waals surface area contributed by atoms with E-state index in [2.05, 4.69) is 43.0 Å². The Balaban J connectivity index is 1.14. The van der Waals surface area contributed by atoms with E-state index < -0.39 is 0 Å². The molecule has 0 spiro atoms. The van der Waals surface area contributed by atoms with Crippen LogP contribution in [0.5, 0.6) is 5.75 Å². The van der Waals surface area contributed by atoms with E-state index in [4.69, 9.17) is 15.2 Å². The van der Waals surface area contributed by atoms with E-state index in [1.165, 1.54) is 5.56 Å². The molecule has 9 heteroatoms. The van der Waals surface area contributed by atoms with E-state index in [1.807, 2.05) is 80.1 Å². The summed E-state index contributed by atoms with van der Waals surface area (Å²) in [5, 5.41) is 9.51. The number of nitrogens with two attached hydrogens (primary N) is 1. The molecular formula is C31H31N7O2. The number of pyridine rings is 1. The van der Waals surface area contributed by atoms with E-state index in [0.717, 1.165) is 39.8 Å². The third-order valence-corrected chi connectivity index (χ3v) is 6.94. The fourth-order valence-electron chi connectivity index (χ4n) is 4.94. The number of benzene rings is 3. The van der Waals surface area contributed by atoms with Crippen LogP contribution in [0.4, 0.5) is 5.82 Å². The number of imidazole rings is 1. The van der Waals surface area contributed by atoms with Gasteiger partial charge in [0.1, 0.15) is 23.6 Å². The summed E-state index contributed by atoms with van der Waals surface area (Å²) in [6, 6.07) is 26.3. The summed E-state index contributed by atoms with van der Waals surface area (Å²) in [6.45, 7) is 4.30. The number of aromatic nitrogens is 6. The molecule has 1 atom stereocenters. The smallest absolute Gasteiger partial charge is 0.152 e. The lowest BCUT2D eigenvalue weighted by Gasteiger charge is -2.20. The molecule has 0 bridgehead atoms. The maximum Gasteiger partial charge on any atom is 0.152 e. The minimum Gasteiger partial charge on any atom is -0.492 e. The molecular weight excluding hydrogens is 502 g/mol. The quantitative estimate of drug-likeness (QED) is 0.240. The largest absolute Gasteiger partial charge is 0.492 e. The van der Waals surface area contributed by atoms with Gasteiger partial charge < -0.3 is 19.8 Å². The molecule has 0 amide bonds. The van der Waals surface area contributed by atoms with Crippen LogP contribution in [0.3, 0.4) is 0 Å². The number of hydrogen-bond acceptors (Lipinski definition) is 7. The summed E-state index contributed by atoms with van der Waals surface area (Å²) in [7, 11) is 0. The molecule has 9 nitrogen and oxygen atoms in total. The lowest BCUT2D eigenvalue weighted by atomic mass is 10.1. The highest BCUT2D eigenvalue weighted by Gasteiger charge is 2.19. The van der Waals surface area contributed by atoms with Crippen molar-refractivity contribution in [2.24, 2.45) is 0 Å². The van der Waals surface area contributed by atoms with Gasteiger partial charge in [0.25, 0.3) is 0 Å². The summed E-state index contributed by atoms with van der Waals surface area (Å²) < 4.78 is 15.9. The van der Waals surface area contributed by atoms with E-state index in [1.54, 1.807) is 4.68 Å². The van der Waals surface area contributed by atoms with Crippen molar-refractivity contribution in [1.82, 2.24) is 29.5 Å². The molecule has 0 saturated heterocycles. The monoisotopic (exact) mass is 533 g/mol. The number of nitrogens with zero attached hydrogens (tertiary/aromatic N) is 6. The predicted octanol–water partition coefficient (Wildman–Crippen LogP) is 5.32. The maximum atomic E-state index is 6.27. The van der Waals surface area contributed by atoms with Gasteiger partial charge in [0.05, 0.1) is 42.8 Å². The van der Waals surface area contributed by atoms with Gasteiger partial charge in [-0.15, -0.1) is 5.10 Å². The number of anilines is 1. The Kier molecular flexibility index (Phi) is 7.37. The number of fused-ring (bicyclic) bond motifs is 3. The van der Waals surface area contributed by atoms with E-state index in [-0.39, 0.29) is 6.04 Å². The van der Waals surface area contributed by atoms with Crippen molar-refractivity contribution in [3.8, 4) is 17.0 Å². The molecule has 0 unspecified atom stereocenters. The molecule has 0 saturated carbocycles. The van der Waals surface area contributed by atoms with Gasteiger partial charge in [-0.25, -0.2) is 14.6 Å². The van der Waals surface area contributed by atoms with E-state index in [9.17, 15) is 0 Å². The fraction of sp³-hybridized carbons (Fsp3) is 0.226. The molecule has 0 radical (unpaired) electrons. The van der Waals surface area contributed by atoms with Crippen LogP contribution in [-0.4, -0.2) is 49.3 Å². The Morgan fingerprint density at radius 3 is 2.58 bits per heavy atom. The third kappa shape index (κ3) is 5.37. The summed E-state index contributed by atoms with van der Waals surface area (Å²) in [5.74, 6) is 1.25. The van der Waals surface area contributed by atoms with Crippen LogP contribution < -0.4 is 10.5 Å². The van der Waals surface area contributed by atoms with Gasteiger partial charge in [-0.3, -0.25) is 0 Å². The molecule has 0 aliphatic heterocycles. The molecule has 3 aromatic carbocycles. The summed E-state index contributed by atoms with van der Waals surface area (Å²) >= 11 is 0. The molecule has 3 aromatic heterocycles. The molecule has 3 heterocycles. The number of rotatable bonds is 11. The number of hydrogen-bond donors (Lipinski definition) is 1. The average molecular weight is 534 g/mol. The molecule has 40 heavy (non-hydrogen) atoms. The third-order valence-electron chi connectivity index (χ3n) is 6.94. The van der Waals surface area contributed by atoms with Gasteiger partial charge in [-0.2, -0.15) is 0 Å². The molecule has 2 N–H and O–H groups in total. The molecule has 0 aliphatic rings. The fourth-order valence-corrected chi connectivity index (χ4v) is 4.94. The first-order chi connectivity index (χ1) is 19.7. The summed E-state index contributed by atoms with van der Waals surface area (Å²) in [4.78, 5) is 9.16.